The molecule has 3 heteroatoms. The Labute approximate surface area is 84.8 Å². The fourth-order valence-electron chi connectivity index (χ4n) is 1.95. The predicted octanol–water partition coefficient (Wildman–Crippen LogP) is 1.76. The van der Waals surface area contributed by atoms with Gasteiger partial charge < -0.3 is 5.32 Å². The lowest BCUT2D eigenvalue weighted by molar-refractivity contribution is 0.342. The van der Waals surface area contributed by atoms with Crippen LogP contribution in [0.2, 0.25) is 0 Å². The van der Waals surface area contributed by atoms with Crippen molar-refractivity contribution in [3.63, 3.8) is 0 Å². The largest absolute Gasteiger partial charge is 0.317 e. The zero-order valence-corrected chi connectivity index (χ0v) is 8.66. The van der Waals surface area contributed by atoms with E-state index in [0.717, 1.165) is 24.3 Å². The lowest BCUT2D eigenvalue weighted by atomic mass is 10.1. The molecule has 0 radical (unpaired) electrons. The van der Waals surface area contributed by atoms with E-state index in [1.165, 1.54) is 12.8 Å². The van der Waals surface area contributed by atoms with Gasteiger partial charge in [-0.15, -0.1) is 0 Å². The molecule has 76 valence electrons. The number of rotatable bonds is 2. The van der Waals surface area contributed by atoms with Crippen LogP contribution in [0.4, 0.5) is 0 Å². The van der Waals surface area contributed by atoms with Gasteiger partial charge in [-0.1, -0.05) is 12.7 Å². The molecule has 1 aliphatic heterocycles. The van der Waals surface area contributed by atoms with Gasteiger partial charge in [0.05, 0.1) is 11.7 Å². The average molecular weight is 191 g/mol. The van der Waals surface area contributed by atoms with Crippen molar-refractivity contribution in [2.75, 3.05) is 13.1 Å². The van der Waals surface area contributed by atoms with Crippen molar-refractivity contribution in [2.45, 2.75) is 25.8 Å². The van der Waals surface area contributed by atoms with Crippen molar-refractivity contribution < 1.29 is 0 Å². The molecular weight excluding hydrogens is 174 g/mol. The molecule has 2 heterocycles. The van der Waals surface area contributed by atoms with Gasteiger partial charge in [0, 0.05) is 11.8 Å². The summed E-state index contributed by atoms with van der Waals surface area (Å²) in [5, 5.41) is 7.88. The van der Waals surface area contributed by atoms with Crippen molar-refractivity contribution in [2.24, 2.45) is 0 Å². The van der Waals surface area contributed by atoms with E-state index in [4.69, 9.17) is 0 Å². The van der Waals surface area contributed by atoms with Gasteiger partial charge in [-0.2, -0.15) is 5.10 Å². The maximum atomic E-state index is 4.52. The molecule has 1 aromatic rings. The summed E-state index contributed by atoms with van der Waals surface area (Å²) in [7, 11) is 0. The van der Waals surface area contributed by atoms with Crippen molar-refractivity contribution >= 4 is 6.08 Å². The average Bonchev–Trinajstić information content (AvgIpc) is 2.61. The number of nitrogens with zero attached hydrogens (tertiary/aromatic N) is 2. The van der Waals surface area contributed by atoms with Crippen LogP contribution in [-0.4, -0.2) is 22.9 Å². The summed E-state index contributed by atoms with van der Waals surface area (Å²) in [4.78, 5) is 0. The SMILES string of the molecule is C=Cc1cn(C2CCNCC2)nc1C. The van der Waals surface area contributed by atoms with Gasteiger partial charge in [0.2, 0.25) is 0 Å². The number of aryl methyl sites for hydroxylation is 1. The predicted molar refractivity (Wildman–Crippen MR) is 58.2 cm³/mol. The second kappa shape index (κ2) is 3.96. The highest BCUT2D eigenvalue weighted by Crippen LogP contribution is 2.19. The van der Waals surface area contributed by atoms with Gasteiger partial charge in [0.25, 0.3) is 0 Å². The number of aromatic nitrogens is 2. The quantitative estimate of drug-likeness (QED) is 0.772. The van der Waals surface area contributed by atoms with Crippen molar-refractivity contribution in [3.8, 4) is 0 Å². The fourth-order valence-corrected chi connectivity index (χ4v) is 1.95. The third-order valence-electron chi connectivity index (χ3n) is 2.86. The number of nitrogens with one attached hydrogen (secondary N) is 1. The van der Waals surface area contributed by atoms with Crippen LogP contribution in [-0.2, 0) is 0 Å². The molecule has 14 heavy (non-hydrogen) atoms. The summed E-state index contributed by atoms with van der Waals surface area (Å²) in [6.45, 7) is 8.03. The zero-order chi connectivity index (χ0) is 9.97. The molecule has 0 aliphatic carbocycles. The molecule has 0 amide bonds. The minimum Gasteiger partial charge on any atom is -0.317 e. The third kappa shape index (κ3) is 1.73. The molecule has 0 bridgehead atoms. The van der Waals surface area contributed by atoms with Gasteiger partial charge in [-0.3, -0.25) is 4.68 Å². The van der Waals surface area contributed by atoms with Crippen LogP contribution in [0.3, 0.4) is 0 Å². The first-order valence-corrected chi connectivity index (χ1v) is 5.20. The normalized spacial score (nSPS) is 18.4. The molecule has 0 spiro atoms. The maximum Gasteiger partial charge on any atom is 0.0665 e. The van der Waals surface area contributed by atoms with E-state index >= 15 is 0 Å². The second-order valence-corrected chi connectivity index (χ2v) is 3.84. The van der Waals surface area contributed by atoms with E-state index in [1.807, 2.05) is 13.0 Å². The van der Waals surface area contributed by atoms with E-state index < -0.39 is 0 Å². The highest BCUT2D eigenvalue weighted by Gasteiger charge is 2.16. The molecule has 0 saturated carbocycles. The summed E-state index contributed by atoms with van der Waals surface area (Å²) in [5.41, 5.74) is 2.24. The Bertz CT molecular complexity index is 321. The van der Waals surface area contributed by atoms with Crippen LogP contribution >= 0.6 is 0 Å². The van der Waals surface area contributed by atoms with Crippen molar-refractivity contribution in [3.05, 3.63) is 24.0 Å². The van der Waals surface area contributed by atoms with Crippen LogP contribution in [0.15, 0.2) is 12.8 Å². The molecular formula is C11H17N3. The van der Waals surface area contributed by atoms with Gasteiger partial charge >= 0.3 is 0 Å². The smallest absolute Gasteiger partial charge is 0.0665 e. The highest BCUT2D eigenvalue weighted by atomic mass is 15.3. The van der Waals surface area contributed by atoms with Crippen LogP contribution < -0.4 is 5.32 Å². The molecule has 1 fully saturated rings. The summed E-state index contributed by atoms with van der Waals surface area (Å²) in [6, 6.07) is 0.573. The van der Waals surface area contributed by atoms with Crippen LogP contribution in [0, 0.1) is 6.92 Å². The van der Waals surface area contributed by atoms with Crippen molar-refractivity contribution in [1.82, 2.24) is 15.1 Å². The van der Waals surface area contributed by atoms with Gasteiger partial charge in [0.15, 0.2) is 0 Å². The Morgan fingerprint density at radius 2 is 2.29 bits per heavy atom. The Hall–Kier alpha value is -1.09. The molecule has 0 aromatic carbocycles. The van der Waals surface area contributed by atoms with Crippen LogP contribution in [0.1, 0.15) is 30.1 Å². The minimum absolute atomic E-state index is 0.573. The summed E-state index contributed by atoms with van der Waals surface area (Å²) in [5.74, 6) is 0. The van der Waals surface area contributed by atoms with E-state index in [1.54, 1.807) is 0 Å². The lowest BCUT2D eigenvalue weighted by Gasteiger charge is -2.22. The Kier molecular flexibility index (Phi) is 2.68. The van der Waals surface area contributed by atoms with E-state index in [-0.39, 0.29) is 0 Å². The summed E-state index contributed by atoms with van der Waals surface area (Å²) < 4.78 is 2.10. The second-order valence-electron chi connectivity index (χ2n) is 3.84. The molecule has 1 N–H and O–H groups in total. The molecule has 0 atom stereocenters. The summed E-state index contributed by atoms with van der Waals surface area (Å²) >= 11 is 0. The lowest BCUT2D eigenvalue weighted by Crippen LogP contribution is -2.29. The molecule has 0 unspecified atom stereocenters. The minimum atomic E-state index is 0.573. The third-order valence-corrected chi connectivity index (χ3v) is 2.86. The Balaban J connectivity index is 2.18. The first-order valence-electron chi connectivity index (χ1n) is 5.20. The molecule has 2 rings (SSSR count). The highest BCUT2D eigenvalue weighted by molar-refractivity contribution is 5.47. The Morgan fingerprint density at radius 1 is 1.57 bits per heavy atom. The molecule has 1 saturated heterocycles. The van der Waals surface area contributed by atoms with Gasteiger partial charge in [-0.25, -0.2) is 0 Å². The van der Waals surface area contributed by atoms with Crippen molar-refractivity contribution in [1.29, 1.82) is 0 Å². The maximum absolute atomic E-state index is 4.52. The topological polar surface area (TPSA) is 29.9 Å². The fraction of sp³-hybridized carbons (Fsp3) is 0.545. The van der Waals surface area contributed by atoms with E-state index in [2.05, 4.69) is 27.9 Å². The molecule has 1 aliphatic rings. The Morgan fingerprint density at radius 3 is 2.86 bits per heavy atom. The van der Waals surface area contributed by atoms with Crippen LogP contribution in [0.5, 0.6) is 0 Å². The van der Waals surface area contributed by atoms with Crippen LogP contribution in [0.25, 0.3) is 6.08 Å². The van der Waals surface area contributed by atoms with E-state index in [9.17, 15) is 0 Å². The first kappa shape index (κ1) is 9.46. The number of hydrogen-bond acceptors (Lipinski definition) is 2. The zero-order valence-electron chi connectivity index (χ0n) is 8.66. The van der Waals surface area contributed by atoms with Gasteiger partial charge in [0.1, 0.15) is 0 Å². The monoisotopic (exact) mass is 191 g/mol. The molecule has 1 aromatic heterocycles. The van der Waals surface area contributed by atoms with E-state index in [0.29, 0.717) is 6.04 Å². The standard InChI is InChI=1S/C11H17N3/c1-3-10-8-14(13-9(10)2)11-4-6-12-7-5-11/h3,8,11-12H,1,4-7H2,2H3. The number of piperidine rings is 1. The van der Waals surface area contributed by atoms with Gasteiger partial charge in [-0.05, 0) is 32.9 Å². The summed E-state index contributed by atoms with van der Waals surface area (Å²) in [6.07, 6.45) is 6.34. The number of hydrogen-bond donors (Lipinski definition) is 1. The molecule has 3 nitrogen and oxygen atoms in total. The first-order chi connectivity index (χ1) is 6.81.